The van der Waals surface area contributed by atoms with Crippen LogP contribution in [0.5, 0.6) is 0 Å². The van der Waals surface area contributed by atoms with Gasteiger partial charge in [0.15, 0.2) is 5.78 Å². The predicted octanol–water partition coefficient (Wildman–Crippen LogP) is 0.0786. The molecule has 90 valence electrons. The van der Waals surface area contributed by atoms with Crippen LogP contribution in [-0.4, -0.2) is 40.0 Å². The predicted molar refractivity (Wildman–Crippen MR) is 48.6 cm³/mol. The molecule has 1 heterocycles. The summed E-state index contributed by atoms with van der Waals surface area (Å²) in [5, 5.41) is 9.28. The fraction of sp³-hybridized carbons (Fsp3) is 0.625. The summed E-state index contributed by atoms with van der Waals surface area (Å²) in [5.41, 5.74) is 0.446. The van der Waals surface area contributed by atoms with Crippen LogP contribution in [0.2, 0.25) is 0 Å². The van der Waals surface area contributed by atoms with E-state index in [0.29, 0.717) is 5.69 Å². The summed E-state index contributed by atoms with van der Waals surface area (Å²) in [6.07, 6.45) is -2.77. The van der Waals surface area contributed by atoms with E-state index in [9.17, 15) is 18.0 Å². The zero-order valence-corrected chi connectivity index (χ0v) is 8.58. The van der Waals surface area contributed by atoms with Gasteiger partial charge in [-0.2, -0.15) is 13.2 Å². The second-order valence-electron chi connectivity index (χ2n) is 3.32. The highest BCUT2D eigenvalue weighted by molar-refractivity contribution is 5.82. The monoisotopic (exact) mass is 236 g/mol. The van der Waals surface area contributed by atoms with Gasteiger partial charge in [-0.05, 0) is 0 Å². The molecule has 0 radical (unpaired) electrons. The molecule has 0 aliphatic carbocycles. The van der Waals surface area contributed by atoms with E-state index in [0.717, 1.165) is 0 Å². The van der Waals surface area contributed by atoms with Gasteiger partial charge in [0.25, 0.3) is 0 Å². The number of carbonyl (C=O) groups is 1. The summed E-state index contributed by atoms with van der Waals surface area (Å²) in [6, 6.07) is 0. The molecule has 0 aliphatic rings. The van der Waals surface area contributed by atoms with Crippen molar-refractivity contribution in [1.29, 1.82) is 0 Å². The molecule has 0 spiro atoms. The number of aromatic nitrogens is 3. The van der Waals surface area contributed by atoms with Gasteiger partial charge in [0.2, 0.25) is 0 Å². The molecule has 1 N–H and O–H groups in total. The van der Waals surface area contributed by atoms with Gasteiger partial charge in [0, 0.05) is 13.2 Å². The fourth-order valence-electron chi connectivity index (χ4n) is 1.08. The normalized spacial score (nSPS) is 11.8. The van der Waals surface area contributed by atoms with Crippen LogP contribution in [0.3, 0.4) is 0 Å². The molecular weight excluding hydrogens is 225 g/mol. The van der Waals surface area contributed by atoms with E-state index >= 15 is 0 Å². The van der Waals surface area contributed by atoms with Crippen molar-refractivity contribution < 1.29 is 18.0 Å². The van der Waals surface area contributed by atoms with E-state index in [1.165, 1.54) is 4.68 Å². The van der Waals surface area contributed by atoms with Gasteiger partial charge in [-0.15, -0.1) is 5.10 Å². The average molecular weight is 236 g/mol. The highest BCUT2D eigenvalue weighted by Crippen LogP contribution is 2.11. The molecule has 0 atom stereocenters. The van der Waals surface area contributed by atoms with Gasteiger partial charge in [-0.3, -0.25) is 9.48 Å². The van der Waals surface area contributed by atoms with Gasteiger partial charge in [0.1, 0.15) is 0 Å². The SMILES string of the molecule is Cn1cc(CC(=O)CNCC(F)(F)F)nn1. The lowest BCUT2D eigenvalue weighted by Gasteiger charge is -2.06. The summed E-state index contributed by atoms with van der Waals surface area (Å²) in [6.45, 7) is -1.49. The van der Waals surface area contributed by atoms with Crippen LogP contribution in [0.1, 0.15) is 5.69 Å². The van der Waals surface area contributed by atoms with Gasteiger partial charge in [-0.25, -0.2) is 0 Å². The lowest BCUT2D eigenvalue weighted by Crippen LogP contribution is -2.33. The molecule has 5 nitrogen and oxygen atoms in total. The number of hydrogen-bond acceptors (Lipinski definition) is 4. The number of carbonyl (C=O) groups excluding carboxylic acids is 1. The Hall–Kier alpha value is -1.44. The first-order valence-electron chi connectivity index (χ1n) is 4.51. The second-order valence-corrected chi connectivity index (χ2v) is 3.32. The molecule has 1 aromatic rings. The molecule has 1 rings (SSSR count). The third-order valence-corrected chi connectivity index (χ3v) is 1.68. The molecular formula is C8H11F3N4O. The molecule has 16 heavy (non-hydrogen) atoms. The van der Waals surface area contributed by atoms with Crippen LogP contribution < -0.4 is 5.32 Å². The molecule has 0 unspecified atom stereocenters. The number of nitrogens with one attached hydrogen (secondary N) is 1. The third kappa shape index (κ3) is 4.87. The molecule has 0 saturated carbocycles. The molecule has 0 amide bonds. The molecule has 0 bridgehead atoms. The maximum atomic E-state index is 11.7. The van der Waals surface area contributed by atoms with Crippen molar-refractivity contribution in [3.8, 4) is 0 Å². The molecule has 1 aromatic heterocycles. The van der Waals surface area contributed by atoms with Gasteiger partial charge in [-0.1, -0.05) is 5.21 Å². The van der Waals surface area contributed by atoms with Crippen LogP contribution in [0.4, 0.5) is 13.2 Å². The molecule has 0 aromatic carbocycles. The summed E-state index contributed by atoms with van der Waals surface area (Å²) in [5.74, 6) is -0.357. The van der Waals surface area contributed by atoms with Crippen molar-refractivity contribution in [2.24, 2.45) is 7.05 Å². The van der Waals surface area contributed by atoms with Crippen LogP contribution in [-0.2, 0) is 18.3 Å². The largest absolute Gasteiger partial charge is 0.401 e. The van der Waals surface area contributed by atoms with E-state index < -0.39 is 12.7 Å². The van der Waals surface area contributed by atoms with Crippen LogP contribution in [0, 0.1) is 0 Å². The van der Waals surface area contributed by atoms with Crippen molar-refractivity contribution in [3.05, 3.63) is 11.9 Å². The van der Waals surface area contributed by atoms with Crippen LogP contribution in [0.15, 0.2) is 6.20 Å². The number of rotatable bonds is 5. The Bertz CT molecular complexity index is 360. The summed E-state index contributed by atoms with van der Waals surface area (Å²) < 4.78 is 36.6. The Balaban J connectivity index is 2.26. The Kier molecular flexibility index (Phi) is 3.99. The number of Topliss-reactive ketones (excluding diaryl/α,β-unsaturated/α-hetero) is 1. The van der Waals surface area contributed by atoms with E-state index in [1.54, 1.807) is 13.2 Å². The first-order valence-corrected chi connectivity index (χ1v) is 4.51. The van der Waals surface area contributed by atoms with Crippen molar-refractivity contribution in [1.82, 2.24) is 20.3 Å². The Labute approximate surface area is 89.6 Å². The highest BCUT2D eigenvalue weighted by Gasteiger charge is 2.26. The second kappa shape index (κ2) is 5.06. The number of ketones is 1. The molecule has 8 heteroatoms. The number of nitrogens with zero attached hydrogens (tertiary/aromatic N) is 3. The van der Waals surface area contributed by atoms with Gasteiger partial charge >= 0.3 is 6.18 Å². The minimum atomic E-state index is -4.30. The van der Waals surface area contributed by atoms with Gasteiger partial charge in [0.05, 0.1) is 25.2 Å². The van der Waals surface area contributed by atoms with Gasteiger partial charge < -0.3 is 5.32 Å². The quantitative estimate of drug-likeness (QED) is 0.786. The summed E-state index contributed by atoms with van der Waals surface area (Å²) >= 11 is 0. The lowest BCUT2D eigenvalue weighted by molar-refractivity contribution is -0.127. The zero-order valence-electron chi connectivity index (χ0n) is 8.58. The zero-order chi connectivity index (χ0) is 12.2. The van der Waals surface area contributed by atoms with Crippen molar-refractivity contribution in [2.75, 3.05) is 13.1 Å². The topological polar surface area (TPSA) is 59.8 Å². The third-order valence-electron chi connectivity index (χ3n) is 1.68. The van der Waals surface area contributed by atoms with E-state index in [2.05, 4.69) is 10.3 Å². The maximum absolute atomic E-state index is 11.7. The minimum Gasteiger partial charge on any atom is -0.302 e. The highest BCUT2D eigenvalue weighted by atomic mass is 19.4. The van der Waals surface area contributed by atoms with E-state index in [-0.39, 0.29) is 18.7 Å². The molecule has 0 saturated heterocycles. The van der Waals surface area contributed by atoms with Crippen molar-refractivity contribution in [3.63, 3.8) is 0 Å². The standard InChI is InChI=1S/C8H11F3N4O/c1-15-4-6(13-14-15)2-7(16)3-12-5-8(9,10)11/h4,12H,2-3,5H2,1H3. The average Bonchev–Trinajstić information content (AvgIpc) is 2.48. The lowest BCUT2D eigenvalue weighted by atomic mass is 10.2. The summed E-state index contributed by atoms with van der Waals surface area (Å²) in [4.78, 5) is 11.2. The van der Waals surface area contributed by atoms with E-state index in [4.69, 9.17) is 0 Å². The smallest absolute Gasteiger partial charge is 0.302 e. The van der Waals surface area contributed by atoms with Crippen molar-refractivity contribution >= 4 is 5.78 Å². The fourth-order valence-corrected chi connectivity index (χ4v) is 1.08. The van der Waals surface area contributed by atoms with Crippen LogP contribution >= 0.6 is 0 Å². The first kappa shape index (κ1) is 12.6. The first-order chi connectivity index (χ1) is 7.37. The molecule has 0 fully saturated rings. The minimum absolute atomic E-state index is 0.0152. The number of aryl methyl sites for hydroxylation is 1. The Morgan fingerprint density at radius 2 is 2.25 bits per heavy atom. The maximum Gasteiger partial charge on any atom is 0.401 e. The number of hydrogen-bond donors (Lipinski definition) is 1. The van der Waals surface area contributed by atoms with Crippen LogP contribution in [0.25, 0.3) is 0 Å². The molecule has 0 aliphatic heterocycles. The Morgan fingerprint density at radius 3 is 2.75 bits per heavy atom. The Morgan fingerprint density at radius 1 is 1.56 bits per heavy atom. The summed E-state index contributed by atoms with van der Waals surface area (Å²) in [7, 11) is 1.64. The van der Waals surface area contributed by atoms with Crippen molar-refractivity contribution in [2.45, 2.75) is 12.6 Å². The number of alkyl halides is 3. The van der Waals surface area contributed by atoms with E-state index in [1.807, 2.05) is 5.32 Å². The number of halogens is 3.